The average Bonchev–Trinajstić information content (AvgIpc) is 2.45. The Morgan fingerprint density at radius 1 is 1.05 bits per heavy atom. The molecule has 0 saturated carbocycles. The monoisotopic (exact) mass is 413 g/mol. The standard InChI is InChI=1S/C16H17Br2NO2/c17-13-4-1-3-12(7-13)9-19-10-15(20)11-21-16-6-2-5-14(18)8-16/h1-8,15,19-20H,9-11H2. The second-order valence-corrected chi connectivity index (χ2v) is 6.51. The molecule has 0 spiro atoms. The van der Waals surface area contributed by atoms with Crippen molar-refractivity contribution in [3.63, 3.8) is 0 Å². The first-order valence-corrected chi connectivity index (χ1v) is 8.23. The number of aliphatic hydroxyl groups is 1. The molecular weight excluding hydrogens is 398 g/mol. The first-order valence-electron chi connectivity index (χ1n) is 6.65. The van der Waals surface area contributed by atoms with Crippen molar-refractivity contribution in [1.82, 2.24) is 5.32 Å². The molecule has 0 aliphatic heterocycles. The van der Waals surface area contributed by atoms with Gasteiger partial charge in [-0.05, 0) is 35.9 Å². The lowest BCUT2D eigenvalue weighted by Gasteiger charge is -2.13. The molecule has 2 aromatic rings. The van der Waals surface area contributed by atoms with Crippen LogP contribution in [0.3, 0.4) is 0 Å². The Morgan fingerprint density at radius 3 is 2.48 bits per heavy atom. The molecule has 21 heavy (non-hydrogen) atoms. The molecule has 0 amide bonds. The molecule has 2 N–H and O–H groups in total. The molecule has 112 valence electrons. The Kier molecular flexibility index (Phi) is 6.70. The molecule has 0 saturated heterocycles. The molecule has 0 aliphatic carbocycles. The number of ether oxygens (including phenoxy) is 1. The minimum absolute atomic E-state index is 0.266. The van der Waals surface area contributed by atoms with Crippen LogP contribution >= 0.6 is 31.9 Å². The van der Waals surface area contributed by atoms with Crippen molar-refractivity contribution >= 4 is 31.9 Å². The van der Waals surface area contributed by atoms with Crippen LogP contribution in [0.4, 0.5) is 0 Å². The minimum atomic E-state index is -0.545. The molecule has 0 heterocycles. The van der Waals surface area contributed by atoms with Gasteiger partial charge < -0.3 is 15.2 Å². The van der Waals surface area contributed by atoms with Gasteiger partial charge in [-0.15, -0.1) is 0 Å². The van der Waals surface area contributed by atoms with E-state index in [1.54, 1.807) is 0 Å². The third kappa shape index (κ3) is 6.18. The summed E-state index contributed by atoms with van der Waals surface area (Å²) in [5.74, 6) is 0.746. The maximum absolute atomic E-state index is 9.90. The van der Waals surface area contributed by atoms with Gasteiger partial charge in [-0.3, -0.25) is 0 Å². The summed E-state index contributed by atoms with van der Waals surface area (Å²) in [7, 11) is 0. The molecule has 1 unspecified atom stereocenters. The summed E-state index contributed by atoms with van der Waals surface area (Å²) in [6.07, 6.45) is -0.545. The minimum Gasteiger partial charge on any atom is -0.491 e. The molecule has 3 nitrogen and oxygen atoms in total. The molecule has 0 bridgehead atoms. The van der Waals surface area contributed by atoms with Crippen molar-refractivity contribution in [2.75, 3.05) is 13.2 Å². The maximum Gasteiger partial charge on any atom is 0.120 e. The zero-order valence-electron chi connectivity index (χ0n) is 11.4. The lowest BCUT2D eigenvalue weighted by Crippen LogP contribution is -2.31. The molecule has 5 heteroatoms. The Balaban J connectivity index is 1.69. The van der Waals surface area contributed by atoms with E-state index in [-0.39, 0.29) is 6.61 Å². The van der Waals surface area contributed by atoms with Crippen LogP contribution < -0.4 is 10.1 Å². The van der Waals surface area contributed by atoms with E-state index < -0.39 is 6.10 Å². The van der Waals surface area contributed by atoms with Crippen LogP contribution in [0.25, 0.3) is 0 Å². The average molecular weight is 415 g/mol. The van der Waals surface area contributed by atoms with E-state index in [1.165, 1.54) is 5.56 Å². The van der Waals surface area contributed by atoms with E-state index >= 15 is 0 Å². The molecule has 0 aliphatic rings. The van der Waals surface area contributed by atoms with Gasteiger partial charge in [0.1, 0.15) is 18.5 Å². The number of rotatable bonds is 7. The smallest absolute Gasteiger partial charge is 0.120 e. The van der Waals surface area contributed by atoms with Crippen LogP contribution in [0.15, 0.2) is 57.5 Å². The van der Waals surface area contributed by atoms with Crippen molar-refractivity contribution in [3.05, 3.63) is 63.0 Å². The third-order valence-electron chi connectivity index (χ3n) is 2.84. The number of aliphatic hydroxyl groups excluding tert-OH is 1. The highest BCUT2D eigenvalue weighted by Gasteiger charge is 2.05. The third-order valence-corrected chi connectivity index (χ3v) is 3.82. The van der Waals surface area contributed by atoms with E-state index in [1.807, 2.05) is 42.5 Å². The summed E-state index contributed by atoms with van der Waals surface area (Å²) in [4.78, 5) is 0. The molecular formula is C16H17Br2NO2. The largest absolute Gasteiger partial charge is 0.491 e. The maximum atomic E-state index is 9.90. The van der Waals surface area contributed by atoms with Gasteiger partial charge in [-0.2, -0.15) is 0 Å². The Bertz CT molecular complexity index is 578. The Hall–Kier alpha value is -0.880. The second-order valence-electron chi connectivity index (χ2n) is 4.68. The van der Waals surface area contributed by atoms with E-state index in [0.29, 0.717) is 13.1 Å². The molecule has 2 aromatic carbocycles. The number of halogens is 2. The molecule has 2 rings (SSSR count). The molecule has 0 fully saturated rings. The van der Waals surface area contributed by atoms with Gasteiger partial charge >= 0.3 is 0 Å². The van der Waals surface area contributed by atoms with Gasteiger partial charge in [0.05, 0.1) is 0 Å². The van der Waals surface area contributed by atoms with Crippen LogP contribution in [0.2, 0.25) is 0 Å². The summed E-state index contributed by atoms with van der Waals surface area (Å²) >= 11 is 6.82. The van der Waals surface area contributed by atoms with Crippen LogP contribution in [0.5, 0.6) is 5.75 Å². The van der Waals surface area contributed by atoms with E-state index in [9.17, 15) is 5.11 Å². The Morgan fingerprint density at radius 2 is 1.76 bits per heavy atom. The van der Waals surface area contributed by atoms with Crippen molar-refractivity contribution in [1.29, 1.82) is 0 Å². The Labute approximate surface area is 141 Å². The normalized spacial score (nSPS) is 12.1. The zero-order chi connectivity index (χ0) is 15.1. The summed E-state index contributed by atoms with van der Waals surface area (Å²) in [5.41, 5.74) is 1.17. The first kappa shape index (κ1) is 16.5. The molecule has 0 radical (unpaired) electrons. The summed E-state index contributed by atoms with van der Waals surface area (Å²) < 4.78 is 7.56. The second kappa shape index (κ2) is 8.54. The number of benzene rings is 2. The summed E-state index contributed by atoms with van der Waals surface area (Å²) in [6, 6.07) is 15.7. The van der Waals surface area contributed by atoms with Crippen LogP contribution in [0, 0.1) is 0 Å². The van der Waals surface area contributed by atoms with Gasteiger partial charge in [-0.1, -0.05) is 50.1 Å². The fourth-order valence-corrected chi connectivity index (χ4v) is 2.66. The number of nitrogens with one attached hydrogen (secondary N) is 1. The lowest BCUT2D eigenvalue weighted by molar-refractivity contribution is 0.106. The van der Waals surface area contributed by atoms with Gasteiger partial charge in [0, 0.05) is 22.0 Å². The van der Waals surface area contributed by atoms with Crippen molar-refractivity contribution in [2.45, 2.75) is 12.6 Å². The SMILES string of the molecule is OC(CNCc1cccc(Br)c1)COc1cccc(Br)c1. The quantitative estimate of drug-likeness (QED) is 0.725. The van der Waals surface area contributed by atoms with Crippen molar-refractivity contribution < 1.29 is 9.84 Å². The van der Waals surface area contributed by atoms with E-state index in [2.05, 4.69) is 43.2 Å². The highest BCUT2D eigenvalue weighted by molar-refractivity contribution is 9.10. The molecule has 0 aromatic heterocycles. The van der Waals surface area contributed by atoms with Gasteiger partial charge in [0.25, 0.3) is 0 Å². The summed E-state index contributed by atoms with van der Waals surface area (Å²) in [5, 5.41) is 13.1. The lowest BCUT2D eigenvalue weighted by atomic mass is 10.2. The van der Waals surface area contributed by atoms with Crippen LogP contribution in [-0.2, 0) is 6.54 Å². The topological polar surface area (TPSA) is 41.5 Å². The highest BCUT2D eigenvalue weighted by Crippen LogP contribution is 2.17. The molecule has 1 atom stereocenters. The fourth-order valence-electron chi connectivity index (χ4n) is 1.84. The van der Waals surface area contributed by atoms with Gasteiger partial charge in [0.15, 0.2) is 0 Å². The zero-order valence-corrected chi connectivity index (χ0v) is 14.6. The van der Waals surface area contributed by atoms with E-state index in [0.717, 1.165) is 14.7 Å². The highest BCUT2D eigenvalue weighted by atomic mass is 79.9. The summed E-state index contributed by atoms with van der Waals surface area (Å²) in [6.45, 7) is 1.47. The number of hydrogen-bond donors (Lipinski definition) is 2. The van der Waals surface area contributed by atoms with Crippen molar-refractivity contribution in [3.8, 4) is 5.75 Å². The van der Waals surface area contributed by atoms with Crippen LogP contribution in [0.1, 0.15) is 5.56 Å². The van der Waals surface area contributed by atoms with Crippen molar-refractivity contribution in [2.24, 2.45) is 0 Å². The number of hydrogen-bond acceptors (Lipinski definition) is 3. The van der Waals surface area contributed by atoms with Crippen LogP contribution in [-0.4, -0.2) is 24.4 Å². The predicted molar refractivity (Wildman–Crippen MR) is 91.5 cm³/mol. The first-order chi connectivity index (χ1) is 10.1. The van der Waals surface area contributed by atoms with E-state index in [4.69, 9.17) is 4.74 Å². The van der Waals surface area contributed by atoms with Gasteiger partial charge in [0.2, 0.25) is 0 Å². The fraction of sp³-hybridized carbons (Fsp3) is 0.250. The predicted octanol–water partition coefficient (Wildman–Crippen LogP) is 3.74. The van der Waals surface area contributed by atoms with Gasteiger partial charge in [-0.25, -0.2) is 0 Å².